The van der Waals surface area contributed by atoms with Crippen LogP contribution >= 0.6 is 0 Å². The molecule has 0 aliphatic carbocycles. The van der Waals surface area contributed by atoms with Crippen molar-refractivity contribution >= 4 is 11.0 Å². The molecule has 0 saturated heterocycles. The molecule has 1 aromatic heterocycles. The van der Waals surface area contributed by atoms with E-state index < -0.39 is 0 Å². The van der Waals surface area contributed by atoms with E-state index in [9.17, 15) is 0 Å². The topological polar surface area (TPSA) is 48.4 Å². The number of aryl methyl sites for hydroxylation is 1. The fourth-order valence-electron chi connectivity index (χ4n) is 4.03. The fraction of sp³-hybridized carbons (Fsp3) is 0.286. The van der Waals surface area contributed by atoms with Crippen LogP contribution in [0, 0.1) is 5.92 Å². The summed E-state index contributed by atoms with van der Waals surface area (Å²) < 4.78 is 12.5. The highest BCUT2D eigenvalue weighted by atomic mass is 16.5. The molecule has 4 aromatic rings. The third-order valence-corrected chi connectivity index (χ3v) is 5.56. The van der Waals surface area contributed by atoms with Crippen LogP contribution in [0.25, 0.3) is 22.1 Å². The van der Waals surface area contributed by atoms with Gasteiger partial charge in [-0.25, -0.2) is 0 Å². The lowest BCUT2D eigenvalue weighted by molar-refractivity contribution is 0.303. The lowest BCUT2D eigenvalue weighted by atomic mass is 9.98. The van der Waals surface area contributed by atoms with Crippen molar-refractivity contribution in [3.63, 3.8) is 0 Å². The first kappa shape index (κ1) is 21.2. The normalized spacial score (nSPS) is 11.4. The van der Waals surface area contributed by atoms with Crippen LogP contribution in [0.4, 0.5) is 0 Å². The Morgan fingerprint density at radius 3 is 2.55 bits per heavy atom. The average Bonchev–Trinajstić information content (AvgIpc) is 3.18. The van der Waals surface area contributed by atoms with Gasteiger partial charge >= 0.3 is 0 Å². The van der Waals surface area contributed by atoms with Gasteiger partial charge < -0.3 is 14.9 Å². The molecule has 0 radical (unpaired) electrons. The maximum Gasteiger partial charge on any atom is 0.142 e. The molecule has 0 bridgehead atoms. The van der Waals surface area contributed by atoms with Crippen molar-refractivity contribution in [3.05, 3.63) is 89.2 Å². The van der Waals surface area contributed by atoms with Gasteiger partial charge in [0.25, 0.3) is 0 Å². The van der Waals surface area contributed by atoms with Crippen molar-refractivity contribution in [1.82, 2.24) is 0 Å². The second-order valence-corrected chi connectivity index (χ2v) is 8.53. The minimum Gasteiger partial charge on any atom is -0.489 e. The standard InChI is InChI=1S/C28H31NO2/c1-4-22-9-5-6-11-27(22)30-18-21-14-24-16-25(12-19(2)3)31-28(24)26(15-21)23-10-7-8-20(13-23)17-29/h5-11,13-16,19H,4,12,17-18,29H2,1-3H3. The number of rotatable bonds is 8. The molecule has 1 heterocycles. The minimum atomic E-state index is 0.515. The highest BCUT2D eigenvalue weighted by Crippen LogP contribution is 2.34. The summed E-state index contributed by atoms with van der Waals surface area (Å²) in [5, 5.41) is 1.12. The Morgan fingerprint density at radius 1 is 0.935 bits per heavy atom. The lowest BCUT2D eigenvalue weighted by Gasteiger charge is -2.12. The first-order valence-corrected chi connectivity index (χ1v) is 11.1. The smallest absolute Gasteiger partial charge is 0.142 e. The van der Waals surface area contributed by atoms with E-state index in [0.717, 1.165) is 57.6 Å². The molecule has 31 heavy (non-hydrogen) atoms. The van der Waals surface area contributed by atoms with Crippen LogP contribution in [0.5, 0.6) is 5.75 Å². The van der Waals surface area contributed by atoms with Crippen molar-refractivity contribution in [3.8, 4) is 16.9 Å². The number of ether oxygens (including phenoxy) is 1. The quantitative estimate of drug-likeness (QED) is 0.342. The van der Waals surface area contributed by atoms with Crippen LogP contribution in [0.3, 0.4) is 0 Å². The van der Waals surface area contributed by atoms with E-state index in [1.165, 1.54) is 5.56 Å². The Morgan fingerprint density at radius 2 is 1.77 bits per heavy atom. The number of para-hydroxylation sites is 1. The Hall–Kier alpha value is -3.04. The van der Waals surface area contributed by atoms with Crippen molar-refractivity contribution in [2.75, 3.05) is 0 Å². The molecule has 4 rings (SSSR count). The van der Waals surface area contributed by atoms with Crippen molar-refractivity contribution in [2.45, 2.75) is 46.8 Å². The molecule has 2 N–H and O–H groups in total. The second-order valence-electron chi connectivity index (χ2n) is 8.53. The SMILES string of the molecule is CCc1ccccc1OCc1cc(-c2cccc(CN)c2)c2oc(CC(C)C)cc2c1. The van der Waals surface area contributed by atoms with Gasteiger partial charge in [0.2, 0.25) is 0 Å². The first-order valence-electron chi connectivity index (χ1n) is 11.1. The third kappa shape index (κ3) is 4.83. The largest absolute Gasteiger partial charge is 0.489 e. The van der Waals surface area contributed by atoms with Crippen LogP contribution in [-0.2, 0) is 26.0 Å². The molecule has 0 aliphatic rings. The van der Waals surface area contributed by atoms with Gasteiger partial charge in [-0.3, -0.25) is 0 Å². The number of hydrogen-bond donors (Lipinski definition) is 1. The summed E-state index contributed by atoms with van der Waals surface area (Å²) >= 11 is 0. The van der Waals surface area contributed by atoms with E-state index >= 15 is 0 Å². The van der Waals surface area contributed by atoms with Gasteiger partial charge in [0.1, 0.15) is 23.7 Å². The predicted molar refractivity (Wildman–Crippen MR) is 128 cm³/mol. The summed E-state index contributed by atoms with van der Waals surface area (Å²) in [6, 6.07) is 23.2. The van der Waals surface area contributed by atoms with E-state index in [1.807, 2.05) is 12.1 Å². The molecular weight excluding hydrogens is 382 g/mol. The third-order valence-electron chi connectivity index (χ3n) is 5.56. The summed E-state index contributed by atoms with van der Waals surface area (Å²) in [6.45, 7) is 7.61. The Balaban J connectivity index is 1.75. The van der Waals surface area contributed by atoms with E-state index in [0.29, 0.717) is 19.1 Å². The summed E-state index contributed by atoms with van der Waals surface area (Å²) in [6.07, 6.45) is 1.87. The maximum absolute atomic E-state index is 6.32. The van der Waals surface area contributed by atoms with Crippen LogP contribution in [-0.4, -0.2) is 0 Å². The molecule has 0 aliphatic heterocycles. The Labute approximate surface area is 184 Å². The molecule has 160 valence electrons. The van der Waals surface area contributed by atoms with Crippen LogP contribution in [0.2, 0.25) is 0 Å². The van der Waals surface area contributed by atoms with Gasteiger partial charge in [-0.1, -0.05) is 57.2 Å². The Bertz CT molecular complexity index is 1170. The number of hydrogen-bond acceptors (Lipinski definition) is 3. The molecule has 0 atom stereocenters. The summed E-state index contributed by atoms with van der Waals surface area (Å²) in [4.78, 5) is 0. The number of fused-ring (bicyclic) bond motifs is 1. The maximum atomic E-state index is 6.32. The molecule has 0 unspecified atom stereocenters. The zero-order chi connectivity index (χ0) is 21.8. The van der Waals surface area contributed by atoms with Gasteiger partial charge in [-0.05, 0) is 64.9 Å². The van der Waals surface area contributed by atoms with E-state index in [4.69, 9.17) is 14.9 Å². The Kier molecular flexibility index (Phi) is 6.43. The molecule has 0 saturated carbocycles. The highest BCUT2D eigenvalue weighted by Gasteiger charge is 2.14. The van der Waals surface area contributed by atoms with E-state index in [1.54, 1.807) is 0 Å². The molecule has 0 spiro atoms. The molecule has 3 nitrogen and oxygen atoms in total. The van der Waals surface area contributed by atoms with Gasteiger partial charge in [0.05, 0.1) is 0 Å². The van der Waals surface area contributed by atoms with Crippen molar-refractivity contribution in [1.29, 1.82) is 0 Å². The zero-order valence-corrected chi connectivity index (χ0v) is 18.7. The number of nitrogens with two attached hydrogens (primary N) is 1. The molecule has 3 heteroatoms. The number of furan rings is 1. The van der Waals surface area contributed by atoms with Gasteiger partial charge in [-0.15, -0.1) is 0 Å². The number of benzene rings is 3. The highest BCUT2D eigenvalue weighted by molar-refractivity contribution is 5.93. The average molecular weight is 414 g/mol. The summed E-state index contributed by atoms with van der Waals surface area (Å²) in [7, 11) is 0. The van der Waals surface area contributed by atoms with Crippen LogP contribution in [0.1, 0.15) is 43.2 Å². The van der Waals surface area contributed by atoms with Gasteiger partial charge in [-0.2, -0.15) is 0 Å². The minimum absolute atomic E-state index is 0.515. The predicted octanol–water partition coefficient (Wildman–Crippen LogP) is 6.90. The zero-order valence-electron chi connectivity index (χ0n) is 18.7. The van der Waals surface area contributed by atoms with Gasteiger partial charge in [0.15, 0.2) is 0 Å². The summed E-state index contributed by atoms with van der Waals surface area (Å²) in [5.41, 5.74) is 12.5. The second kappa shape index (κ2) is 9.40. The van der Waals surface area contributed by atoms with Crippen molar-refractivity contribution in [2.24, 2.45) is 11.7 Å². The van der Waals surface area contributed by atoms with Crippen molar-refractivity contribution < 1.29 is 9.15 Å². The summed E-state index contributed by atoms with van der Waals surface area (Å²) in [5.74, 6) is 2.51. The fourth-order valence-corrected chi connectivity index (χ4v) is 4.03. The monoisotopic (exact) mass is 413 g/mol. The molecule has 0 fully saturated rings. The first-order chi connectivity index (χ1) is 15.1. The van der Waals surface area contributed by atoms with E-state index in [-0.39, 0.29) is 0 Å². The van der Waals surface area contributed by atoms with Crippen LogP contribution < -0.4 is 10.5 Å². The van der Waals surface area contributed by atoms with Gasteiger partial charge in [0, 0.05) is 23.9 Å². The lowest BCUT2D eigenvalue weighted by Crippen LogP contribution is -1.99. The van der Waals surface area contributed by atoms with E-state index in [2.05, 4.69) is 75.4 Å². The molecule has 0 amide bonds. The van der Waals surface area contributed by atoms with Crippen LogP contribution in [0.15, 0.2) is 71.1 Å². The molecular formula is C28H31NO2. The molecule has 3 aromatic carbocycles.